The van der Waals surface area contributed by atoms with Crippen LogP contribution in [0.1, 0.15) is 125 Å². The van der Waals surface area contributed by atoms with Crippen molar-refractivity contribution in [3.63, 3.8) is 0 Å². The molecule has 0 radical (unpaired) electrons. The molecule has 0 fully saturated rings. The van der Waals surface area contributed by atoms with Crippen LogP contribution < -0.4 is 4.90 Å². The van der Waals surface area contributed by atoms with E-state index < -0.39 is 35.7 Å². The number of unbranched alkanes of at least 4 members (excludes halogenated alkanes) is 8. The summed E-state index contributed by atoms with van der Waals surface area (Å²) in [5.74, 6) is -4.96. The lowest BCUT2D eigenvalue weighted by molar-refractivity contribution is -0.152. The molecule has 1 heterocycles. The van der Waals surface area contributed by atoms with Gasteiger partial charge in [-0.3, -0.25) is 19.2 Å². The van der Waals surface area contributed by atoms with E-state index in [1.807, 2.05) is 49.4 Å². The maximum absolute atomic E-state index is 12.5. The summed E-state index contributed by atoms with van der Waals surface area (Å²) in [6, 6.07) is 9.83. The van der Waals surface area contributed by atoms with Crippen LogP contribution in [0.2, 0.25) is 0 Å². The number of carboxylic acid groups (broad SMARTS) is 2. The number of aliphatic carboxylic acids is 2. The fourth-order valence-electron chi connectivity index (χ4n) is 6.62. The van der Waals surface area contributed by atoms with Gasteiger partial charge < -0.3 is 38.8 Å². The lowest BCUT2D eigenvalue weighted by Gasteiger charge is -2.25. The van der Waals surface area contributed by atoms with E-state index in [-0.39, 0.29) is 71.9 Å². The summed E-state index contributed by atoms with van der Waals surface area (Å²) in [5, 5.41) is 47.2. The Morgan fingerprint density at radius 2 is 1.19 bits per heavy atom. The minimum Gasteiger partial charge on any atom is -0.481 e. The van der Waals surface area contributed by atoms with E-state index in [4.69, 9.17) is 23.7 Å². The van der Waals surface area contributed by atoms with Gasteiger partial charge in [-0.25, -0.2) is 0 Å². The number of azo groups is 1. The first-order chi connectivity index (χ1) is 32.4. The van der Waals surface area contributed by atoms with E-state index in [9.17, 15) is 39.9 Å². The molecule has 2 N–H and O–H groups in total. The van der Waals surface area contributed by atoms with Crippen LogP contribution in [0, 0.1) is 48.3 Å². The van der Waals surface area contributed by atoms with Crippen LogP contribution in [0.15, 0.2) is 52.7 Å². The van der Waals surface area contributed by atoms with Crippen LogP contribution in [0.5, 0.6) is 0 Å². The molecule has 0 aliphatic heterocycles. The molecule has 2 aromatic rings. The Morgan fingerprint density at radius 1 is 0.687 bits per heavy atom. The maximum Gasteiger partial charge on any atom is 0.307 e. The van der Waals surface area contributed by atoms with Crippen LogP contribution in [-0.2, 0) is 42.9 Å². The molecule has 0 aliphatic rings. The van der Waals surface area contributed by atoms with Gasteiger partial charge >= 0.3 is 23.9 Å². The molecular formula is C50H71N5O11S. The van der Waals surface area contributed by atoms with E-state index in [1.54, 1.807) is 6.92 Å². The van der Waals surface area contributed by atoms with E-state index in [0.717, 1.165) is 74.0 Å². The highest BCUT2D eigenvalue weighted by molar-refractivity contribution is 7.16. The molecule has 0 spiro atoms. The number of ether oxygens (including phenoxy) is 5. The number of nitriles is 2. The van der Waals surface area contributed by atoms with Crippen molar-refractivity contribution >= 4 is 51.6 Å². The third-order valence-electron chi connectivity index (χ3n) is 10.6. The first kappa shape index (κ1) is 57.7. The zero-order chi connectivity index (χ0) is 49.1. The van der Waals surface area contributed by atoms with Gasteiger partial charge in [0.05, 0.1) is 75.6 Å². The fourth-order valence-corrected chi connectivity index (χ4v) is 7.50. The Kier molecular flexibility index (Phi) is 30.7. The highest BCUT2D eigenvalue weighted by Gasteiger charge is 2.22. The van der Waals surface area contributed by atoms with E-state index >= 15 is 0 Å². The molecule has 17 heteroatoms. The van der Waals surface area contributed by atoms with E-state index in [0.29, 0.717) is 46.4 Å². The molecule has 2 atom stereocenters. The van der Waals surface area contributed by atoms with Crippen molar-refractivity contribution in [3.8, 4) is 12.1 Å². The number of hydrogen-bond acceptors (Lipinski definition) is 15. The largest absolute Gasteiger partial charge is 0.481 e. The average Bonchev–Trinajstić information content (AvgIpc) is 3.62. The van der Waals surface area contributed by atoms with Gasteiger partial charge in [-0.05, 0) is 81.7 Å². The molecule has 0 aliphatic carbocycles. The molecule has 67 heavy (non-hydrogen) atoms. The smallest absolute Gasteiger partial charge is 0.307 e. The number of carbonyl (C=O) groups is 4. The standard InChI is InChI=1S/C50H71N5O11S/c1-5-7-9-11-13-15-17-19-40(49(58)59)34-46(56)65-31-29-63-26-24-55(42-21-22-44(38(3)33-42)53-54-48-43(36-51)39(4)45(37-52)67-48)23-25-62-27-28-64-30-32-66-47(57)35-41(50(60)61)20-18-16-14-12-10-8-6-2/h15-18,21-22,33,40-41H,5-14,19-20,23-32,34-35H2,1-4H3,(H,58,59)(H,60,61)/b17-15+,18-16+,54-53?. The Balaban J connectivity index is 1.88. The summed E-state index contributed by atoms with van der Waals surface area (Å²) < 4.78 is 27.7. The number of hydrogen-bond donors (Lipinski definition) is 2. The molecule has 2 unspecified atom stereocenters. The van der Waals surface area contributed by atoms with Gasteiger partial charge in [-0.2, -0.15) is 10.5 Å². The number of thiophene rings is 1. The minimum atomic E-state index is -1.04. The molecular weight excluding hydrogens is 879 g/mol. The number of carbonyl (C=O) groups excluding carboxylic acids is 2. The summed E-state index contributed by atoms with van der Waals surface area (Å²) in [5.41, 5.74) is 3.15. The monoisotopic (exact) mass is 949 g/mol. The normalized spacial score (nSPS) is 12.3. The first-order valence-corrected chi connectivity index (χ1v) is 24.3. The fraction of sp³-hybridized carbons (Fsp3) is 0.600. The Labute approximate surface area is 400 Å². The van der Waals surface area contributed by atoms with Crippen molar-refractivity contribution in [1.82, 2.24) is 0 Å². The summed E-state index contributed by atoms with van der Waals surface area (Å²) in [4.78, 5) is 50.6. The predicted molar refractivity (Wildman–Crippen MR) is 257 cm³/mol. The summed E-state index contributed by atoms with van der Waals surface area (Å²) >= 11 is 1.11. The van der Waals surface area contributed by atoms with Crippen molar-refractivity contribution in [2.45, 2.75) is 118 Å². The number of aryl methyl sites for hydroxylation is 1. The molecule has 2 rings (SSSR count). The molecule has 0 amide bonds. The van der Waals surface area contributed by atoms with Gasteiger partial charge in [0.15, 0.2) is 5.00 Å². The Morgan fingerprint density at radius 3 is 1.66 bits per heavy atom. The van der Waals surface area contributed by atoms with E-state index in [2.05, 4.69) is 41.1 Å². The Bertz CT molecular complexity index is 1970. The van der Waals surface area contributed by atoms with Crippen molar-refractivity contribution in [2.75, 3.05) is 70.8 Å². The van der Waals surface area contributed by atoms with Crippen molar-refractivity contribution in [3.05, 3.63) is 64.1 Å². The van der Waals surface area contributed by atoms with Crippen LogP contribution in [0.25, 0.3) is 0 Å². The van der Waals surface area contributed by atoms with Crippen LogP contribution in [0.4, 0.5) is 16.4 Å². The lowest BCUT2D eigenvalue weighted by Crippen LogP contribution is -2.31. The summed E-state index contributed by atoms with van der Waals surface area (Å²) in [6.45, 7) is 10.1. The highest BCUT2D eigenvalue weighted by atomic mass is 32.1. The van der Waals surface area contributed by atoms with Gasteiger partial charge in [0.25, 0.3) is 0 Å². The van der Waals surface area contributed by atoms with Gasteiger partial charge in [0, 0.05) is 18.8 Å². The second-order valence-corrected chi connectivity index (χ2v) is 17.0. The lowest BCUT2D eigenvalue weighted by atomic mass is 10.0. The van der Waals surface area contributed by atoms with Gasteiger partial charge in [0.1, 0.15) is 30.2 Å². The average molecular weight is 950 g/mol. The molecule has 16 nitrogen and oxygen atoms in total. The van der Waals surface area contributed by atoms with Crippen molar-refractivity contribution in [1.29, 1.82) is 10.5 Å². The SMILES string of the molecule is CCCCCC/C=C/CC(CC(=O)OCCOCCOCCN(CCOCCOC(=O)CC(C/C=C/CCCCCC)C(=O)O)c1ccc(N=Nc2sc(C#N)c(C)c2C#N)c(C)c1)C(=O)O. The predicted octanol–water partition coefficient (Wildman–Crippen LogP) is 10.5. The number of esters is 2. The van der Waals surface area contributed by atoms with Gasteiger partial charge in [0.2, 0.25) is 0 Å². The van der Waals surface area contributed by atoms with Crippen LogP contribution in [-0.4, -0.2) is 100 Å². The highest BCUT2D eigenvalue weighted by Crippen LogP contribution is 2.36. The quantitative estimate of drug-likeness (QED) is 0.0276. The molecule has 0 saturated heterocycles. The number of anilines is 1. The van der Waals surface area contributed by atoms with Crippen molar-refractivity contribution < 1.29 is 53.1 Å². The number of benzene rings is 1. The maximum atomic E-state index is 12.5. The van der Waals surface area contributed by atoms with E-state index in [1.165, 1.54) is 12.8 Å². The zero-order valence-corrected chi connectivity index (χ0v) is 40.7. The zero-order valence-electron chi connectivity index (χ0n) is 39.9. The molecule has 0 saturated carbocycles. The number of nitrogens with zero attached hydrogens (tertiary/aromatic N) is 5. The summed E-state index contributed by atoms with van der Waals surface area (Å²) in [7, 11) is 0. The molecule has 1 aromatic carbocycles. The second kappa shape index (κ2) is 35.7. The van der Waals surface area contributed by atoms with Gasteiger partial charge in [-0.1, -0.05) is 76.7 Å². The number of carboxylic acids is 2. The first-order valence-electron chi connectivity index (χ1n) is 23.5. The Hall–Kier alpha value is -5.46. The van der Waals surface area contributed by atoms with Crippen LogP contribution in [0.3, 0.4) is 0 Å². The summed E-state index contributed by atoms with van der Waals surface area (Å²) in [6.07, 6.45) is 18.5. The van der Waals surface area contributed by atoms with Crippen molar-refractivity contribution in [2.24, 2.45) is 22.1 Å². The topological polar surface area (TPSA) is 230 Å². The number of rotatable bonds is 38. The van der Waals surface area contributed by atoms with Gasteiger partial charge in [-0.15, -0.1) is 21.6 Å². The second-order valence-electron chi connectivity index (χ2n) is 16.0. The minimum absolute atomic E-state index is 0.00650. The van der Waals surface area contributed by atoms with Crippen LogP contribution >= 0.6 is 11.3 Å². The molecule has 0 bridgehead atoms. The number of allylic oxidation sites excluding steroid dienone is 4. The third kappa shape index (κ3) is 24.8. The molecule has 368 valence electrons. The third-order valence-corrected chi connectivity index (χ3v) is 11.7. The molecule has 1 aromatic heterocycles.